The van der Waals surface area contributed by atoms with E-state index >= 15 is 0 Å². The topological polar surface area (TPSA) is 82.8 Å². The summed E-state index contributed by atoms with van der Waals surface area (Å²) in [5.74, 6) is -1.66. The van der Waals surface area contributed by atoms with Crippen LogP contribution in [0.4, 0.5) is 29.1 Å². The molecule has 0 saturated heterocycles. The van der Waals surface area contributed by atoms with E-state index in [1.54, 1.807) is 11.9 Å². The zero-order valence-electron chi connectivity index (χ0n) is 18.2. The van der Waals surface area contributed by atoms with E-state index in [4.69, 9.17) is 17.3 Å². The fraction of sp³-hybridized carbons (Fsp3) is 0.381. The van der Waals surface area contributed by atoms with E-state index in [1.165, 1.54) is 26.1 Å². The molecule has 0 radical (unpaired) electrons. The van der Waals surface area contributed by atoms with E-state index < -0.39 is 29.5 Å². The number of pyridine rings is 1. The number of hydrogen-bond donors (Lipinski definition) is 1. The molecule has 1 aromatic carbocycles. The lowest BCUT2D eigenvalue weighted by atomic mass is 10.1. The number of carbonyl (C=O) groups is 2. The Hall–Kier alpha value is -2.76. The third kappa shape index (κ3) is 6.62. The van der Waals surface area contributed by atoms with E-state index in [2.05, 4.69) is 4.98 Å². The number of benzene rings is 1. The summed E-state index contributed by atoms with van der Waals surface area (Å²) in [6.45, 7) is 1.91. The van der Waals surface area contributed by atoms with E-state index in [0.717, 1.165) is 21.9 Å². The number of hydrogen-bond acceptors (Lipinski definition) is 5. The van der Waals surface area contributed by atoms with E-state index in [0.29, 0.717) is 12.6 Å². The first-order valence-corrected chi connectivity index (χ1v) is 10.2. The lowest BCUT2D eigenvalue weighted by Gasteiger charge is -2.33. The lowest BCUT2D eigenvalue weighted by Crippen LogP contribution is -2.53. The number of aryl methyl sites for hydroxylation is 1. The van der Waals surface area contributed by atoms with Gasteiger partial charge in [0.05, 0.1) is 10.6 Å². The molecule has 1 unspecified atom stereocenters. The Bertz CT molecular complexity index is 1010. The Labute approximate surface area is 193 Å². The quantitative estimate of drug-likeness (QED) is 0.432. The first kappa shape index (κ1) is 26.5. The summed E-state index contributed by atoms with van der Waals surface area (Å²) >= 11 is 5.81. The molecule has 0 aliphatic heterocycles. The van der Waals surface area contributed by atoms with Gasteiger partial charge in [-0.25, -0.2) is 9.37 Å². The smallest absolute Gasteiger partial charge is 0.329 e. The van der Waals surface area contributed by atoms with Gasteiger partial charge in [0.1, 0.15) is 17.7 Å². The molecule has 0 saturated carbocycles. The Balaban J connectivity index is 2.52. The van der Waals surface area contributed by atoms with Gasteiger partial charge >= 0.3 is 6.18 Å². The van der Waals surface area contributed by atoms with Crippen LogP contribution in [-0.4, -0.2) is 62.0 Å². The van der Waals surface area contributed by atoms with E-state index in [-0.39, 0.29) is 41.7 Å². The van der Waals surface area contributed by atoms with Gasteiger partial charge in [-0.05, 0) is 44.3 Å². The summed E-state index contributed by atoms with van der Waals surface area (Å²) in [4.78, 5) is 33.1. The summed E-state index contributed by atoms with van der Waals surface area (Å²) in [5, 5.41) is -0.216. The third-order valence-corrected chi connectivity index (χ3v) is 5.17. The fourth-order valence-corrected chi connectivity index (χ4v) is 3.35. The highest BCUT2D eigenvalue weighted by Gasteiger charge is 2.35. The number of nitrogens with zero attached hydrogens (tertiary/aromatic N) is 4. The van der Waals surface area contributed by atoms with Gasteiger partial charge in [-0.1, -0.05) is 11.6 Å². The van der Waals surface area contributed by atoms with Gasteiger partial charge in [0, 0.05) is 38.1 Å². The van der Waals surface area contributed by atoms with Crippen molar-refractivity contribution < 1.29 is 27.2 Å². The zero-order chi connectivity index (χ0) is 24.9. The predicted molar refractivity (Wildman–Crippen MR) is 118 cm³/mol. The van der Waals surface area contributed by atoms with Crippen molar-refractivity contribution in [3.05, 3.63) is 52.4 Å². The van der Waals surface area contributed by atoms with Crippen molar-refractivity contribution in [3.8, 4) is 0 Å². The van der Waals surface area contributed by atoms with Gasteiger partial charge in [-0.15, -0.1) is 0 Å². The van der Waals surface area contributed by atoms with Crippen molar-refractivity contribution in [3.63, 3.8) is 0 Å². The zero-order valence-corrected chi connectivity index (χ0v) is 19.0. The molecule has 0 fully saturated rings. The van der Waals surface area contributed by atoms with E-state index in [1.807, 2.05) is 0 Å². The molecule has 0 spiro atoms. The van der Waals surface area contributed by atoms with Gasteiger partial charge in [-0.2, -0.15) is 13.2 Å². The minimum Gasteiger partial charge on any atom is -0.329 e. The number of alkyl halides is 3. The Morgan fingerprint density at radius 2 is 1.91 bits per heavy atom. The second kappa shape index (κ2) is 10.9. The Kier molecular flexibility index (Phi) is 8.76. The van der Waals surface area contributed by atoms with Gasteiger partial charge in [0.25, 0.3) is 5.91 Å². The number of anilines is 2. The summed E-state index contributed by atoms with van der Waals surface area (Å²) in [6.07, 6.45) is -4.42. The highest BCUT2D eigenvalue weighted by molar-refractivity contribution is 6.31. The predicted octanol–water partition coefficient (Wildman–Crippen LogP) is 3.09. The van der Waals surface area contributed by atoms with Crippen molar-refractivity contribution in [2.45, 2.75) is 19.1 Å². The van der Waals surface area contributed by atoms with Crippen LogP contribution in [0.15, 0.2) is 30.3 Å². The number of likely N-dealkylation sites (N-methyl/N-ethyl adjacent to an activating group) is 2. The molecule has 2 N–H and O–H groups in total. The maximum atomic E-state index is 13.5. The maximum Gasteiger partial charge on any atom is 0.416 e. The first-order valence-electron chi connectivity index (χ1n) is 9.79. The minimum atomic E-state index is -4.67. The van der Waals surface area contributed by atoms with Crippen LogP contribution >= 0.6 is 11.6 Å². The van der Waals surface area contributed by atoms with Gasteiger partial charge in [-0.3, -0.25) is 14.5 Å². The number of rotatable bonds is 9. The summed E-state index contributed by atoms with van der Waals surface area (Å²) in [7, 11) is 3.03. The second-order valence-corrected chi connectivity index (χ2v) is 7.84. The lowest BCUT2D eigenvalue weighted by molar-refractivity contribution is -0.137. The third-order valence-electron chi connectivity index (χ3n) is 4.88. The molecule has 180 valence electrons. The average molecular weight is 490 g/mol. The Morgan fingerprint density at radius 1 is 1.24 bits per heavy atom. The average Bonchev–Trinajstić information content (AvgIpc) is 2.73. The van der Waals surface area contributed by atoms with Crippen LogP contribution in [0.5, 0.6) is 0 Å². The molecule has 1 atom stereocenters. The number of halogens is 5. The van der Waals surface area contributed by atoms with Crippen molar-refractivity contribution in [2.75, 3.05) is 43.5 Å². The summed E-state index contributed by atoms with van der Waals surface area (Å²) in [6, 6.07) is 3.91. The van der Waals surface area contributed by atoms with Gasteiger partial charge < -0.3 is 15.5 Å². The number of nitrogens with two attached hydrogens (primary N) is 1. The molecule has 2 amide bonds. The molecular weight excluding hydrogens is 466 g/mol. The van der Waals surface area contributed by atoms with Crippen LogP contribution in [0.3, 0.4) is 0 Å². The van der Waals surface area contributed by atoms with Crippen LogP contribution in [0.2, 0.25) is 5.02 Å². The first-order chi connectivity index (χ1) is 15.4. The Morgan fingerprint density at radius 3 is 2.45 bits per heavy atom. The van der Waals surface area contributed by atoms with Crippen molar-refractivity contribution >= 4 is 35.4 Å². The molecule has 1 heterocycles. The van der Waals surface area contributed by atoms with Crippen LogP contribution in [0, 0.1) is 12.7 Å². The molecule has 7 nitrogen and oxygen atoms in total. The van der Waals surface area contributed by atoms with E-state index in [9.17, 15) is 27.2 Å². The second-order valence-electron chi connectivity index (χ2n) is 7.43. The highest BCUT2D eigenvalue weighted by Crippen LogP contribution is 2.32. The van der Waals surface area contributed by atoms with Crippen LogP contribution < -0.4 is 15.5 Å². The molecule has 0 bridgehead atoms. The van der Waals surface area contributed by atoms with Crippen LogP contribution in [0.25, 0.3) is 0 Å². The molecule has 2 aromatic rings. The highest BCUT2D eigenvalue weighted by atomic mass is 35.5. The molecule has 0 aliphatic carbocycles. The molecule has 1 aromatic heterocycles. The standard InChI is InChI=1S/C21H24ClF4N5O2/c1-13-8-14(21(24,25)26)9-19(28-13)31(12-32)18(11-29(2)7-6-27)20(33)30(3)15-4-5-17(23)16(22)10-15/h4-5,8-10,12,18H,6-7,11,27H2,1-3H3. The van der Waals surface area contributed by atoms with Crippen molar-refractivity contribution in [1.82, 2.24) is 9.88 Å². The normalized spacial score (nSPS) is 12.5. The maximum absolute atomic E-state index is 13.5. The molecule has 12 heteroatoms. The van der Waals surface area contributed by atoms with Crippen molar-refractivity contribution in [2.24, 2.45) is 5.73 Å². The molecule has 33 heavy (non-hydrogen) atoms. The van der Waals surface area contributed by atoms with Gasteiger partial charge in [0.2, 0.25) is 6.41 Å². The van der Waals surface area contributed by atoms with Gasteiger partial charge in [0.15, 0.2) is 0 Å². The SMILES string of the molecule is Cc1cc(C(F)(F)F)cc(N(C=O)C(CN(C)CCN)C(=O)N(C)c2ccc(F)c(Cl)c2)n1. The monoisotopic (exact) mass is 489 g/mol. The molecule has 2 rings (SSSR count). The largest absolute Gasteiger partial charge is 0.416 e. The van der Waals surface area contributed by atoms with Crippen molar-refractivity contribution in [1.29, 1.82) is 0 Å². The van der Waals surface area contributed by atoms with Crippen LogP contribution in [0.1, 0.15) is 11.3 Å². The number of aromatic nitrogens is 1. The fourth-order valence-electron chi connectivity index (χ4n) is 3.17. The summed E-state index contributed by atoms with van der Waals surface area (Å²) in [5.41, 5.74) is 4.81. The van der Waals surface area contributed by atoms with Crippen LogP contribution in [-0.2, 0) is 15.8 Å². The minimum absolute atomic E-state index is 0.0202. The number of carbonyl (C=O) groups excluding carboxylic acids is 2. The molecule has 0 aliphatic rings. The summed E-state index contributed by atoms with van der Waals surface area (Å²) < 4.78 is 53.5. The molecular formula is C21H24ClF4N5O2. The number of amides is 2.